The van der Waals surface area contributed by atoms with Crippen LogP contribution in [0.25, 0.3) is 0 Å². The lowest BCUT2D eigenvalue weighted by atomic mass is 10.2. The van der Waals surface area contributed by atoms with E-state index >= 15 is 0 Å². The Hall–Kier alpha value is -0.830. The Morgan fingerprint density at radius 1 is 1.43 bits per heavy atom. The van der Waals surface area contributed by atoms with Gasteiger partial charge in [-0.15, -0.1) is 0 Å². The monoisotopic (exact) mass is 195 g/mol. The lowest BCUT2D eigenvalue weighted by molar-refractivity contribution is 0.580. The zero-order valence-corrected chi connectivity index (χ0v) is 9.67. The Labute approximate surface area is 86.5 Å². The third-order valence-corrected chi connectivity index (χ3v) is 2.37. The van der Waals surface area contributed by atoms with Crippen LogP contribution in [0.4, 0.5) is 0 Å². The second kappa shape index (κ2) is 5.15. The van der Waals surface area contributed by atoms with Crippen molar-refractivity contribution in [3.05, 3.63) is 17.5 Å². The van der Waals surface area contributed by atoms with Crippen LogP contribution in [0, 0.1) is 0 Å². The summed E-state index contributed by atoms with van der Waals surface area (Å²) in [6, 6.07) is 0.532. The van der Waals surface area contributed by atoms with Gasteiger partial charge in [0.1, 0.15) is 0 Å². The molecule has 0 aliphatic carbocycles. The second-order valence-corrected chi connectivity index (χ2v) is 3.82. The van der Waals surface area contributed by atoms with Crippen molar-refractivity contribution in [3.8, 4) is 0 Å². The van der Waals surface area contributed by atoms with Gasteiger partial charge in [-0.2, -0.15) is 5.10 Å². The molecular weight excluding hydrogens is 174 g/mol. The van der Waals surface area contributed by atoms with Gasteiger partial charge >= 0.3 is 0 Å². The molecular formula is C11H21N3. The Balaban J connectivity index is 2.71. The maximum atomic E-state index is 4.36. The van der Waals surface area contributed by atoms with Gasteiger partial charge in [-0.1, -0.05) is 20.8 Å². The molecule has 1 heterocycles. The molecule has 0 saturated carbocycles. The fourth-order valence-electron chi connectivity index (χ4n) is 1.59. The molecule has 0 unspecified atom stereocenters. The van der Waals surface area contributed by atoms with Gasteiger partial charge in [-0.25, -0.2) is 0 Å². The summed E-state index contributed by atoms with van der Waals surface area (Å²) >= 11 is 0. The van der Waals surface area contributed by atoms with Crippen molar-refractivity contribution in [2.75, 3.05) is 0 Å². The van der Waals surface area contributed by atoms with E-state index in [9.17, 15) is 0 Å². The molecule has 80 valence electrons. The maximum Gasteiger partial charge on any atom is 0.0537 e. The Bertz CT molecular complexity index is 276. The summed E-state index contributed by atoms with van der Waals surface area (Å²) in [6.45, 7) is 10.5. The molecule has 0 aliphatic heterocycles. The number of nitrogens with zero attached hydrogens (tertiary/aromatic N) is 2. The molecule has 1 aromatic heterocycles. The first-order valence-corrected chi connectivity index (χ1v) is 5.45. The van der Waals surface area contributed by atoms with Crippen molar-refractivity contribution in [2.24, 2.45) is 0 Å². The molecule has 0 radical (unpaired) electrons. The minimum absolute atomic E-state index is 0.532. The van der Waals surface area contributed by atoms with Crippen LogP contribution in [0.3, 0.4) is 0 Å². The van der Waals surface area contributed by atoms with Gasteiger partial charge in [0.25, 0.3) is 0 Å². The van der Waals surface area contributed by atoms with Gasteiger partial charge in [-0.3, -0.25) is 4.68 Å². The third kappa shape index (κ3) is 2.58. The van der Waals surface area contributed by atoms with E-state index < -0.39 is 0 Å². The highest BCUT2D eigenvalue weighted by molar-refractivity contribution is 5.17. The highest BCUT2D eigenvalue weighted by atomic mass is 15.3. The Kier molecular flexibility index (Phi) is 4.14. The molecule has 0 bridgehead atoms. The van der Waals surface area contributed by atoms with E-state index in [1.165, 1.54) is 11.3 Å². The van der Waals surface area contributed by atoms with Crippen LogP contribution in [-0.2, 0) is 19.5 Å². The Morgan fingerprint density at radius 2 is 2.14 bits per heavy atom. The minimum atomic E-state index is 0.532. The zero-order valence-electron chi connectivity index (χ0n) is 9.67. The van der Waals surface area contributed by atoms with E-state index in [2.05, 4.69) is 42.8 Å². The summed E-state index contributed by atoms with van der Waals surface area (Å²) < 4.78 is 2.08. The Morgan fingerprint density at radius 3 is 2.64 bits per heavy atom. The first-order chi connectivity index (χ1) is 6.69. The van der Waals surface area contributed by atoms with E-state index in [-0.39, 0.29) is 0 Å². The van der Waals surface area contributed by atoms with Gasteiger partial charge in [0.05, 0.1) is 6.20 Å². The molecule has 1 aromatic rings. The van der Waals surface area contributed by atoms with Crippen LogP contribution in [-0.4, -0.2) is 15.8 Å². The van der Waals surface area contributed by atoms with Crippen molar-refractivity contribution in [1.82, 2.24) is 15.1 Å². The van der Waals surface area contributed by atoms with Crippen molar-refractivity contribution in [2.45, 2.75) is 53.2 Å². The van der Waals surface area contributed by atoms with E-state index in [4.69, 9.17) is 0 Å². The number of aromatic nitrogens is 2. The molecule has 1 rings (SSSR count). The maximum absolute atomic E-state index is 4.36. The van der Waals surface area contributed by atoms with Crippen LogP contribution >= 0.6 is 0 Å². The summed E-state index contributed by atoms with van der Waals surface area (Å²) in [5.74, 6) is 0. The average Bonchev–Trinajstić information content (AvgIpc) is 2.56. The van der Waals surface area contributed by atoms with E-state index in [1.54, 1.807) is 0 Å². The van der Waals surface area contributed by atoms with Crippen molar-refractivity contribution in [3.63, 3.8) is 0 Å². The van der Waals surface area contributed by atoms with Gasteiger partial charge in [0.2, 0.25) is 0 Å². The molecule has 0 atom stereocenters. The van der Waals surface area contributed by atoms with Crippen LogP contribution in [0.2, 0.25) is 0 Å². The number of nitrogens with one attached hydrogen (secondary N) is 1. The minimum Gasteiger partial charge on any atom is -0.310 e. The fraction of sp³-hybridized carbons (Fsp3) is 0.727. The van der Waals surface area contributed by atoms with Crippen LogP contribution in [0.1, 0.15) is 39.0 Å². The largest absolute Gasteiger partial charge is 0.310 e. The quantitative estimate of drug-likeness (QED) is 0.778. The van der Waals surface area contributed by atoms with Crippen molar-refractivity contribution < 1.29 is 0 Å². The topological polar surface area (TPSA) is 29.9 Å². The predicted octanol–water partition coefficient (Wildman–Crippen LogP) is 1.96. The first-order valence-electron chi connectivity index (χ1n) is 5.45. The van der Waals surface area contributed by atoms with E-state index in [0.29, 0.717) is 6.04 Å². The highest BCUT2D eigenvalue weighted by Crippen LogP contribution is 2.09. The molecule has 0 amide bonds. The molecule has 3 nitrogen and oxygen atoms in total. The number of rotatable bonds is 5. The number of aryl methyl sites for hydroxylation is 1. The van der Waals surface area contributed by atoms with Gasteiger partial charge in [0, 0.05) is 30.4 Å². The molecule has 0 fully saturated rings. The van der Waals surface area contributed by atoms with E-state index in [0.717, 1.165) is 19.5 Å². The lowest BCUT2D eigenvalue weighted by Gasteiger charge is -2.09. The fourth-order valence-corrected chi connectivity index (χ4v) is 1.59. The number of hydrogen-bond acceptors (Lipinski definition) is 2. The first kappa shape index (κ1) is 11.2. The van der Waals surface area contributed by atoms with Gasteiger partial charge in [-0.05, 0) is 13.3 Å². The lowest BCUT2D eigenvalue weighted by Crippen LogP contribution is -2.22. The summed E-state index contributed by atoms with van der Waals surface area (Å²) in [5, 5.41) is 7.78. The smallest absolute Gasteiger partial charge is 0.0537 e. The molecule has 0 aromatic carbocycles. The molecule has 0 spiro atoms. The highest BCUT2D eigenvalue weighted by Gasteiger charge is 2.07. The van der Waals surface area contributed by atoms with Gasteiger partial charge < -0.3 is 5.32 Å². The van der Waals surface area contributed by atoms with Crippen LogP contribution < -0.4 is 5.32 Å². The molecule has 0 aliphatic rings. The molecule has 0 saturated heterocycles. The SMILES string of the molecule is CCc1c(CNC(C)C)cnn1CC. The third-order valence-electron chi connectivity index (χ3n) is 2.37. The van der Waals surface area contributed by atoms with Crippen LogP contribution in [0.15, 0.2) is 6.20 Å². The summed E-state index contributed by atoms with van der Waals surface area (Å²) in [5.41, 5.74) is 2.70. The van der Waals surface area contributed by atoms with E-state index in [1.807, 2.05) is 6.20 Å². The summed E-state index contributed by atoms with van der Waals surface area (Å²) in [6.07, 6.45) is 3.04. The number of hydrogen-bond donors (Lipinski definition) is 1. The summed E-state index contributed by atoms with van der Waals surface area (Å²) in [4.78, 5) is 0. The predicted molar refractivity (Wildman–Crippen MR) is 59.3 cm³/mol. The average molecular weight is 195 g/mol. The van der Waals surface area contributed by atoms with Gasteiger partial charge in [0.15, 0.2) is 0 Å². The standard InChI is InChI=1S/C11H21N3/c1-5-11-10(7-12-9(3)4)8-13-14(11)6-2/h8-9,12H,5-7H2,1-4H3. The molecule has 3 heteroatoms. The normalized spacial score (nSPS) is 11.2. The summed E-state index contributed by atoms with van der Waals surface area (Å²) in [7, 11) is 0. The molecule has 14 heavy (non-hydrogen) atoms. The van der Waals surface area contributed by atoms with Crippen molar-refractivity contribution >= 4 is 0 Å². The molecule has 1 N–H and O–H groups in total. The van der Waals surface area contributed by atoms with Crippen molar-refractivity contribution in [1.29, 1.82) is 0 Å². The second-order valence-electron chi connectivity index (χ2n) is 3.82. The van der Waals surface area contributed by atoms with Crippen LogP contribution in [0.5, 0.6) is 0 Å². The zero-order chi connectivity index (χ0) is 10.6.